The van der Waals surface area contributed by atoms with Gasteiger partial charge in [0.15, 0.2) is 0 Å². The zero-order valence-corrected chi connectivity index (χ0v) is 33.2. The summed E-state index contributed by atoms with van der Waals surface area (Å²) in [4.78, 5) is 0. The lowest BCUT2D eigenvalue weighted by Crippen LogP contribution is -3.00. The van der Waals surface area contributed by atoms with E-state index in [2.05, 4.69) is 76.2 Å². The highest BCUT2D eigenvalue weighted by Gasteiger charge is 2.17. The van der Waals surface area contributed by atoms with E-state index in [-0.39, 0.29) is 107 Å². The molecule has 0 fully saturated rings. The molecule has 0 atom stereocenters. The van der Waals surface area contributed by atoms with E-state index >= 15 is 0 Å². The van der Waals surface area contributed by atoms with Crippen molar-refractivity contribution in [3.05, 3.63) is 0 Å². The first-order chi connectivity index (χ1) is 12.2. The summed E-state index contributed by atoms with van der Waals surface area (Å²) in [7, 11) is 0. The molecule has 9 heteroatoms. The van der Waals surface area contributed by atoms with Crippen LogP contribution in [0.5, 0.6) is 0 Å². The quantitative estimate of drug-likeness (QED) is 0.317. The second-order valence-electron chi connectivity index (χ2n) is 7.64. The van der Waals surface area contributed by atoms with Crippen LogP contribution < -0.4 is 39.7 Å². The molecule has 2 N–H and O–H groups in total. The van der Waals surface area contributed by atoms with Gasteiger partial charge < -0.3 is 48.7 Å². The van der Waals surface area contributed by atoms with Gasteiger partial charge in [0.1, 0.15) is 0 Å². The minimum atomic E-state index is 0. The Morgan fingerprint density at radius 1 is 0.406 bits per heavy atom. The van der Waals surface area contributed by atoms with E-state index in [1.165, 1.54) is 61.3 Å². The standard InChI is InChI=1S/2C8H20N.C7H17N.6BrH/c2*1-5-9(6-2,7-3)8-4;1-4-7(8,5-2)6-3;;;;;;/h2*5-8H2,1-4H3;4-6,8H2,1-3H3;6*1H/q2*+1;;;;;;;/p-2. The highest BCUT2D eigenvalue weighted by molar-refractivity contribution is 8.93. The average Bonchev–Trinajstić information content (AvgIpc) is 2.73. The molecule has 0 aromatic carbocycles. The number of halogens is 6. The maximum absolute atomic E-state index is 5.90. The molecule has 32 heavy (non-hydrogen) atoms. The van der Waals surface area contributed by atoms with Crippen molar-refractivity contribution in [1.82, 2.24) is 0 Å². The number of nitrogens with two attached hydrogens (primary N) is 1. The monoisotopic (exact) mass is 853 g/mol. The molecular formula is C23H61Br6N3. The van der Waals surface area contributed by atoms with Crippen LogP contribution in [0, 0.1) is 0 Å². The van der Waals surface area contributed by atoms with Gasteiger partial charge in [0.2, 0.25) is 0 Å². The van der Waals surface area contributed by atoms with Crippen molar-refractivity contribution in [2.24, 2.45) is 5.73 Å². The van der Waals surface area contributed by atoms with E-state index in [1.807, 2.05) is 0 Å². The second kappa shape index (κ2) is 35.9. The van der Waals surface area contributed by atoms with Gasteiger partial charge >= 0.3 is 0 Å². The fraction of sp³-hybridized carbons (Fsp3) is 1.00. The smallest absolute Gasteiger partial charge is 0.0757 e. The van der Waals surface area contributed by atoms with E-state index < -0.39 is 0 Å². The Labute approximate surface area is 267 Å². The molecule has 210 valence electrons. The van der Waals surface area contributed by atoms with E-state index in [0.29, 0.717) is 0 Å². The summed E-state index contributed by atoms with van der Waals surface area (Å²) in [5, 5.41) is 0. The number of quaternary nitrogens is 2. The molecule has 0 rings (SSSR count). The molecule has 0 bridgehead atoms. The van der Waals surface area contributed by atoms with Crippen molar-refractivity contribution in [2.45, 2.75) is 101 Å². The topological polar surface area (TPSA) is 26.0 Å². The summed E-state index contributed by atoms with van der Waals surface area (Å²) in [6.07, 6.45) is 3.29. The van der Waals surface area contributed by atoms with Crippen molar-refractivity contribution >= 4 is 67.9 Å². The summed E-state index contributed by atoms with van der Waals surface area (Å²) in [5.74, 6) is 0. The lowest BCUT2D eigenvalue weighted by Gasteiger charge is -2.34. The molecule has 0 saturated carbocycles. The van der Waals surface area contributed by atoms with Gasteiger partial charge in [-0.15, -0.1) is 67.9 Å². The van der Waals surface area contributed by atoms with Gasteiger partial charge in [0.25, 0.3) is 0 Å². The third-order valence-electron chi connectivity index (χ3n) is 7.48. The summed E-state index contributed by atoms with van der Waals surface area (Å²) in [6.45, 7) is 34.9. The highest BCUT2D eigenvalue weighted by Crippen LogP contribution is 2.14. The van der Waals surface area contributed by atoms with E-state index in [1.54, 1.807) is 0 Å². The molecule has 0 aromatic heterocycles. The Morgan fingerprint density at radius 2 is 0.531 bits per heavy atom. The fourth-order valence-electron chi connectivity index (χ4n) is 3.43. The number of nitrogens with zero attached hydrogens (tertiary/aromatic N) is 2. The lowest BCUT2D eigenvalue weighted by molar-refractivity contribution is -0.921. The maximum Gasteiger partial charge on any atom is 0.0757 e. The predicted octanol–water partition coefficient (Wildman–Crippen LogP) is 2.00. The summed E-state index contributed by atoms with van der Waals surface area (Å²) < 4.78 is 2.56. The normalized spacial score (nSPS) is 9.75. The summed E-state index contributed by atoms with van der Waals surface area (Å²) in [5.41, 5.74) is 6.02. The molecule has 0 amide bonds. The molecule has 0 saturated heterocycles. The molecule has 0 heterocycles. The third kappa shape index (κ3) is 25.8. The van der Waals surface area contributed by atoms with Crippen LogP contribution in [0.1, 0.15) is 95.4 Å². The number of hydrogen-bond donors (Lipinski definition) is 1. The van der Waals surface area contributed by atoms with Crippen LogP contribution in [0.15, 0.2) is 0 Å². The molecule has 0 aliphatic rings. The van der Waals surface area contributed by atoms with Crippen molar-refractivity contribution in [3.8, 4) is 0 Å². The molecule has 0 aliphatic heterocycles. The van der Waals surface area contributed by atoms with Crippen LogP contribution in [0.4, 0.5) is 0 Å². The Balaban J connectivity index is -0.0000000324. The average molecular weight is 859 g/mol. The Kier molecular flexibility index (Phi) is 67.0. The largest absolute Gasteiger partial charge is 1.00 e. The van der Waals surface area contributed by atoms with Gasteiger partial charge in [0.05, 0.1) is 52.4 Å². The highest BCUT2D eigenvalue weighted by atomic mass is 79.9. The van der Waals surface area contributed by atoms with Gasteiger partial charge in [-0.1, -0.05) is 20.8 Å². The summed E-state index contributed by atoms with van der Waals surface area (Å²) in [6, 6.07) is 0. The van der Waals surface area contributed by atoms with E-state index in [0.717, 1.165) is 19.3 Å². The molecule has 0 unspecified atom stereocenters. The minimum absolute atomic E-state index is 0. The fourth-order valence-corrected chi connectivity index (χ4v) is 3.43. The summed E-state index contributed by atoms with van der Waals surface area (Å²) >= 11 is 0. The van der Waals surface area contributed by atoms with Crippen molar-refractivity contribution in [3.63, 3.8) is 0 Å². The SMILES string of the molecule is Br.Br.Br.Br.CCC(N)(CC)CC.CC[N+](CC)(CC)CC.CC[N+](CC)(CC)CC.[Br-].[Br-]. The Hall–Kier alpha value is 2.76. The van der Waals surface area contributed by atoms with Crippen LogP contribution in [0.3, 0.4) is 0 Å². The van der Waals surface area contributed by atoms with Crippen molar-refractivity contribution in [2.75, 3.05) is 52.4 Å². The first-order valence-electron chi connectivity index (χ1n) is 11.7. The molecule has 3 nitrogen and oxygen atoms in total. The van der Waals surface area contributed by atoms with Crippen LogP contribution in [-0.4, -0.2) is 66.9 Å². The zero-order chi connectivity index (χ0) is 21.3. The third-order valence-corrected chi connectivity index (χ3v) is 7.48. The second-order valence-corrected chi connectivity index (χ2v) is 7.64. The molecular weight excluding hydrogens is 798 g/mol. The van der Waals surface area contributed by atoms with Crippen LogP contribution in [-0.2, 0) is 0 Å². The van der Waals surface area contributed by atoms with Gasteiger partial charge in [-0.25, -0.2) is 0 Å². The number of hydrogen-bond acceptors (Lipinski definition) is 1. The first kappa shape index (κ1) is 59.7. The molecule has 0 aliphatic carbocycles. The van der Waals surface area contributed by atoms with Gasteiger partial charge in [-0.2, -0.15) is 0 Å². The minimum Gasteiger partial charge on any atom is -1.00 e. The van der Waals surface area contributed by atoms with Gasteiger partial charge in [0, 0.05) is 5.54 Å². The molecule has 0 spiro atoms. The molecule has 0 radical (unpaired) electrons. The van der Waals surface area contributed by atoms with Gasteiger partial charge in [-0.3, -0.25) is 0 Å². The van der Waals surface area contributed by atoms with Crippen LogP contribution in [0.2, 0.25) is 0 Å². The van der Waals surface area contributed by atoms with E-state index in [9.17, 15) is 0 Å². The Bertz CT molecular complexity index is 236. The predicted molar refractivity (Wildman–Crippen MR) is 164 cm³/mol. The van der Waals surface area contributed by atoms with Crippen LogP contribution in [0.25, 0.3) is 0 Å². The van der Waals surface area contributed by atoms with Crippen molar-refractivity contribution in [1.29, 1.82) is 0 Å². The van der Waals surface area contributed by atoms with E-state index in [4.69, 9.17) is 5.73 Å². The first-order valence-corrected chi connectivity index (χ1v) is 11.7. The van der Waals surface area contributed by atoms with Crippen LogP contribution >= 0.6 is 67.9 Å². The lowest BCUT2D eigenvalue weighted by atomic mass is 9.92. The zero-order valence-electron chi connectivity index (χ0n) is 23.1. The number of rotatable bonds is 11. The van der Waals surface area contributed by atoms with Gasteiger partial charge in [-0.05, 0) is 74.7 Å². The maximum atomic E-state index is 5.90. The Morgan fingerprint density at radius 3 is 0.531 bits per heavy atom. The van der Waals surface area contributed by atoms with Crippen molar-refractivity contribution < 1.29 is 42.9 Å². The molecule has 0 aromatic rings.